The lowest BCUT2D eigenvalue weighted by Crippen LogP contribution is -2.47. The number of nitrogens with zero attached hydrogens (tertiary/aromatic N) is 3. The molecule has 7 heteroatoms. The van der Waals surface area contributed by atoms with E-state index in [2.05, 4.69) is 16.3 Å². The normalized spacial score (nSPS) is 19.8. The lowest BCUT2D eigenvalue weighted by atomic mass is 10.0. The van der Waals surface area contributed by atoms with Crippen molar-refractivity contribution in [2.45, 2.75) is 36.7 Å². The van der Waals surface area contributed by atoms with Crippen LogP contribution in [-0.4, -0.2) is 43.3 Å². The van der Waals surface area contributed by atoms with Gasteiger partial charge in [-0.05, 0) is 48.4 Å². The number of hydrogen-bond acceptors (Lipinski definition) is 5. The number of hydrogen-bond donors (Lipinski definition) is 0. The third kappa shape index (κ3) is 3.19. The Kier molecular flexibility index (Phi) is 4.84. The van der Waals surface area contributed by atoms with E-state index in [0.29, 0.717) is 19.1 Å². The Hall–Kier alpha value is -1.72. The van der Waals surface area contributed by atoms with Gasteiger partial charge in [-0.25, -0.2) is 8.42 Å². The molecule has 1 saturated heterocycles. The Morgan fingerprint density at radius 1 is 1.12 bits per heavy atom. The smallest absolute Gasteiger partial charge is 0.244 e. The fourth-order valence-electron chi connectivity index (χ4n) is 3.95. The Balaban J connectivity index is 1.45. The summed E-state index contributed by atoms with van der Waals surface area (Å²) >= 11 is 1.84. The Morgan fingerprint density at radius 2 is 1.88 bits per heavy atom. The van der Waals surface area contributed by atoms with Gasteiger partial charge in [-0.2, -0.15) is 9.57 Å². The van der Waals surface area contributed by atoms with Crippen LogP contribution < -0.4 is 0 Å². The van der Waals surface area contributed by atoms with Gasteiger partial charge in [-0.3, -0.25) is 4.90 Å². The highest BCUT2D eigenvalue weighted by Crippen LogP contribution is 2.30. The Morgan fingerprint density at radius 3 is 2.65 bits per heavy atom. The van der Waals surface area contributed by atoms with Crippen LogP contribution in [0, 0.1) is 11.3 Å². The zero-order chi connectivity index (χ0) is 18.1. The lowest BCUT2D eigenvalue weighted by Gasteiger charge is -2.39. The van der Waals surface area contributed by atoms with Crippen molar-refractivity contribution in [2.75, 3.05) is 19.6 Å². The second-order valence-corrected chi connectivity index (χ2v) is 9.74. The maximum Gasteiger partial charge on any atom is 0.244 e. The summed E-state index contributed by atoms with van der Waals surface area (Å²) in [5.41, 5.74) is 1.65. The zero-order valence-electron chi connectivity index (χ0n) is 14.5. The number of benzene rings is 1. The first-order valence-electron chi connectivity index (χ1n) is 8.88. The van der Waals surface area contributed by atoms with E-state index >= 15 is 0 Å². The summed E-state index contributed by atoms with van der Waals surface area (Å²) < 4.78 is 27.4. The minimum absolute atomic E-state index is 0.127. The topological polar surface area (TPSA) is 64.4 Å². The van der Waals surface area contributed by atoms with Crippen molar-refractivity contribution in [1.29, 1.82) is 5.26 Å². The van der Waals surface area contributed by atoms with Crippen LogP contribution in [0.5, 0.6) is 0 Å². The molecular formula is C19H21N3O2S2. The zero-order valence-corrected chi connectivity index (χ0v) is 16.1. The molecule has 3 heterocycles. The largest absolute Gasteiger partial charge is 0.296 e. The number of thiophene rings is 1. The van der Waals surface area contributed by atoms with Gasteiger partial charge in [-0.1, -0.05) is 12.1 Å². The molecular weight excluding hydrogens is 366 g/mol. The standard InChI is InChI=1S/C19H21N3O2S2/c20-13-15-3-1-2-4-19(15)26(23,24)22-10-5-17(6-11-22)21-9-7-18-16(14-21)8-12-25-18/h1-4,8,12,17H,5-7,9-11,14H2. The molecule has 1 aromatic carbocycles. The van der Waals surface area contributed by atoms with Crippen LogP contribution in [0.15, 0.2) is 40.6 Å². The molecule has 2 aliphatic heterocycles. The van der Waals surface area contributed by atoms with Gasteiger partial charge >= 0.3 is 0 Å². The lowest BCUT2D eigenvalue weighted by molar-refractivity contribution is 0.127. The second kappa shape index (κ2) is 7.12. The molecule has 4 rings (SSSR count). The van der Waals surface area contributed by atoms with E-state index in [0.717, 1.165) is 32.4 Å². The highest BCUT2D eigenvalue weighted by atomic mass is 32.2. The molecule has 0 N–H and O–H groups in total. The average Bonchev–Trinajstić information content (AvgIpc) is 3.16. The van der Waals surface area contributed by atoms with Crippen molar-refractivity contribution >= 4 is 21.4 Å². The maximum absolute atomic E-state index is 12.9. The molecule has 0 unspecified atom stereocenters. The van der Waals surface area contributed by atoms with E-state index in [4.69, 9.17) is 0 Å². The van der Waals surface area contributed by atoms with Crippen molar-refractivity contribution in [2.24, 2.45) is 0 Å². The summed E-state index contributed by atoms with van der Waals surface area (Å²) in [6, 6.07) is 11.1. The molecule has 2 aromatic rings. The highest BCUT2D eigenvalue weighted by Gasteiger charge is 2.33. The van der Waals surface area contributed by atoms with Gasteiger partial charge in [0.2, 0.25) is 10.0 Å². The Bertz CT molecular complexity index is 938. The molecule has 0 spiro atoms. The van der Waals surface area contributed by atoms with E-state index in [1.807, 2.05) is 17.4 Å². The summed E-state index contributed by atoms with van der Waals surface area (Å²) in [5.74, 6) is 0. The van der Waals surface area contributed by atoms with Gasteiger partial charge in [0.25, 0.3) is 0 Å². The third-order valence-electron chi connectivity index (χ3n) is 5.40. The first-order chi connectivity index (χ1) is 12.6. The van der Waals surface area contributed by atoms with Crippen LogP contribution in [0.2, 0.25) is 0 Å². The molecule has 0 amide bonds. The van der Waals surface area contributed by atoms with Gasteiger partial charge in [0.05, 0.1) is 10.5 Å². The molecule has 136 valence electrons. The number of nitriles is 1. The van der Waals surface area contributed by atoms with Crippen LogP contribution >= 0.6 is 11.3 Å². The van der Waals surface area contributed by atoms with Crippen LogP contribution in [0.1, 0.15) is 28.8 Å². The minimum atomic E-state index is -3.60. The summed E-state index contributed by atoms with van der Waals surface area (Å²) in [6.45, 7) is 3.06. The van der Waals surface area contributed by atoms with Crippen LogP contribution in [0.25, 0.3) is 0 Å². The number of rotatable bonds is 3. The number of sulfonamides is 1. The summed E-state index contributed by atoms with van der Waals surface area (Å²) in [6.07, 6.45) is 2.78. The SMILES string of the molecule is N#Cc1ccccc1S(=O)(=O)N1CCC(N2CCc3sccc3C2)CC1. The van der Waals surface area contributed by atoms with Crippen molar-refractivity contribution in [3.8, 4) is 6.07 Å². The van der Waals surface area contributed by atoms with Crippen LogP contribution in [0.3, 0.4) is 0 Å². The van der Waals surface area contributed by atoms with Crippen LogP contribution in [0.4, 0.5) is 0 Å². The quantitative estimate of drug-likeness (QED) is 0.812. The van der Waals surface area contributed by atoms with Crippen molar-refractivity contribution in [1.82, 2.24) is 9.21 Å². The molecule has 2 aliphatic rings. The maximum atomic E-state index is 12.9. The minimum Gasteiger partial charge on any atom is -0.296 e. The van der Waals surface area contributed by atoms with E-state index in [1.165, 1.54) is 16.5 Å². The summed E-state index contributed by atoms with van der Waals surface area (Å²) in [4.78, 5) is 4.12. The molecule has 0 atom stereocenters. The molecule has 0 saturated carbocycles. The van der Waals surface area contributed by atoms with E-state index in [9.17, 15) is 13.7 Å². The van der Waals surface area contributed by atoms with Crippen LogP contribution in [-0.2, 0) is 23.0 Å². The number of piperidine rings is 1. The molecule has 1 aromatic heterocycles. The van der Waals surface area contributed by atoms with Gasteiger partial charge in [0, 0.05) is 37.1 Å². The molecule has 26 heavy (non-hydrogen) atoms. The van der Waals surface area contributed by atoms with Crippen molar-refractivity contribution in [3.63, 3.8) is 0 Å². The summed E-state index contributed by atoms with van der Waals surface area (Å²) in [7, 11) is -3.60. The highest BCUT2D eigenvalue weighted by molar-refractivity contribution is 7.89. The van der Waals surface area contributed by atoms with E-state index < -0.39 is 10.0 Å². The monoisotopic (exact) mass is 387 g/mol. The molecule has 1 fully saturated rings. The van der Waals surface area contributed by atoms with Crippen molar-refractivity contribution in [3.05, 3.63) is 51.7 Å². The van der Waals surface area contributed by atoms with Gasteiger partial charge in [0.15, 0.2) is 0 Å². The molecule has 5 nitrogen and oxygen atoms in total. The van der Waals surface area contributed by atoms with Gasteiger partial charge in [-0.15, -0.1) is 11.3 Å². The molecule has 0 bridgehead atoms. The fraction of sp³-hybridized carbons (Fsp3) is 0.421. The molecule has 0 aliphatic carbocycles. The average molecular weight is 388 g/mol. The first-order valence-corrected chi connectivity index (χ1v) is 11.2. The van der Waals surface area contributed by atoms with Crippen molar-refractivity contribution < 1.29 is 8.42 Å². The van der Waals surface area contributed by atoms with Gasteiger partial charge in [0.1, 0.15) is 6.07 Å². The Labute approximate surface area is 158 Å². The first kappa shape index (κ1) is 17.7. The predicted molar refractivity (Wildman–Crippen MR) is 101 cm³/mol. The molecule has 0 radical (unpaired) electrons. The van der Waals surface area contributed by atoms with Gasteiger partial charge < -0.3 is 0 Å². The fourth-order valence-corrected chi connectivity index (χ4v) is 6.45. The third-order valence-corrected chi connectivity index (χ3v) is 8.38. The van der Waals surface area contributed by atoms with E-state index in [1.54, 1.807) is 22.5 Å². The predicted octanol–water partition coefficient (Wildman–Crippen LogP) is 2.83. The number of fused-ring (bicyclic) bond motifs is 1. The van der Waals surface area contributed by atoms with E-state index in [-0.39, 0.29) is 10.5 Å². The summed E-state index contributed by atoms with van der Waals surface area (Å²) in [5, 5.41) is 11.4. The second-order valence-electron chi connectivity index (χ2n) is 6.83.